The van der Waals surface area contributed by atoms with Crippen LogP contribution in [0.25, 0.3) is 10.8 Å². The standard InChI is InChI=1S/C14H13NO/c1-9(2)14-15-11-7-3-5-10-6-4-8-12(16-14)13(10)11/h3-9H,1-2H3. The summed E-state index contributed by atoms with van der Waals surface area (Å²) in [6, 6.07) is 12.3. The van der Waals surface area contributed by atoms with E-state index in [0.717, 1.165) is 22.7 Å². The minimum atomic E-state index is 0.309. The van der Waals surface area contributed by atoms with Gasteiger partial charge in [0.05, 0.1) is 11.1 Å². The van der Waals surface area contributed by atoms with Gasteiger partial charge in [-0.3, -0.25) is 0 Å². The highest BCUT2D eigenvalue weighted by molar-refractivity contribution is 6.03. The van der Waals surface area contributed by atoms with Crippen LogP contribution < -0.4 is 4.74 Å². The van der Waals surface area contributed by atoms with E-state index in [1.165, 1.54) is 5.39 Å². The van der Waals surface area contributed by atoms with Crippen LogP contribution in [-0.2, 0) is 0 Å². The number of ether oxygens (including phenoxy) is 1. The van der Waals surface area contributed by atoms with Gasteiger partial charge in [0.15, 0.2) is 5.90 Å². The predicted molar refractivity (Wildman–Crippen MR) is 66.5 cm³/mol. The van der Waals surface area contributed by atoms with E-state index in [1.807, 2.05) is 24.3 Å². The first-order chi connectivity index (χ1) is 7.75. The van der Waals surface area contributed by atoms with Crippen LogP contribution in [0.5, 0.6) is 5.75 Å². The lowest BCUT2D eigenvalue weighted by Gasteiger charge is -2.19. The molecule has 0 aliphatic carbocycles. The van der Waals surface area contributed by atoms with Gasteiger partial charge in [0, 0.05) is 5.92 Å². The fourth-order valence-electron chi connectivity index (χ4n) is 1.97. The van der Waals surface area contributed by atoms with Gasteiger partial charge in [-0.15, -0.1) is 0 Å². The van der Waals surface area contributed by atoms with Gasteiger partial charge < -0.3 is 4.74 Å². The van der Waals surface area contributed by atoms with Crippen LogP contribution in [0.4, 0.5) is 5.69 Å². The SMILES string of the molecule is CC(C)C1=Nc2cccc3cccc(c23)O1. The zero-order valence-corrected chi connectivity index (χ0v) is 9.40. The molecule has 80 valence electrons. The fourth-order valence-corrected chi connectivity index (χ4v) is 1.97. The van der Waals surface area contributed by atoms with Gasteiger partial charge >= 0.3 is 0 Å². The van der Waals surface area contributed by atoms with Crippen LogP contribution in [0, 0.1) is 5.92 Å². The van der Waals surface area contributed by atoms with Crippen molar-refractivity contribution in [1.82, 2.24) is 0 Å². The molecule has 0 amide bonds. The van der Waals surface area contributed by atoms with Gasteiger partial charge in [-0.25, -0.2) is 4.99 Å². The van der Waals surface area contributed by atoms with Crippen molar-refractivity contribution >= 4 is 22.4 Å². The van der Waals surface area contributed by atoms with E-state index in [4.69, 9.17) is 4.74 Å². The summed E-state index contributed by atoms with van der Waals surface area (Å²) in [4.78, 5) is 4.56. The fraction of sp³-hybridized carbons (Fsp3) is 0.214. The highest BCUT2D eigenvalue weighted by Crippen LogP contribution is 2.37. The summed E-state index contributed by atoms with van der Waals surface area (Å²) in [5.41, 5.74) is 1.02. The molecule has 1 heterocycles. The van der Waals surface area contributed by atoms with Gasteiger partial charge in [-0.1, -0.05) is 38.1 Å². The Morgan fingerprint density at radius 1 is 1.06 bits per heavy atom. The molecule has 0 fully saturated rings. The normalized spacial score (nSPS) is 13.8. The molecule has 2 heteroatoms. The molecule has 2 nitrogen and oxygen atoms in total. The molecule has 2 aromatic carbocycles. The van der Waals surface area contributed by atoms with Gasteiger partial charge in [0.25, 0.3) is 0 Å². The van der Waals surface area contributed by atoms with Gasteiger partial charge in [-0.05, 0) is 17.5 Å². The highest BCUT2D eigenvalue weighted by atomic mass is 16.5. The summed E-state index contributed by atoms with van der Waals surface area (Å²) >= 11 is 0. The molecular weight excluding hydrogens is 198 g/mol. The molecule has 0 unspecified atom stereocenters. The van der Waals surface area contributed by atoms with Gasteiger partial charge in [0.1, 0.15) is 5.75 Å². The average Bonchev–Trinajstić information content (AvgIpc) is 2.29. The molecule has 2 aromatic rings. The lowest BCUT2D eigenvalue weighted by Crippen LogP contribution is -2.17. The van der Waals surface area contributed by atoms with Crippen LogP contribution in [0.15, 0.2) is 41.4 Å². The summed E-state index contributed by atoms with van der Waals surface area (Å²) < 4.78 is 5.82. The maximum Gasteiger partial charge on any atom is 0.197 e. The van der Waals surface area contributed by atoms with E-state index in [2.05, 4.69) is 31.0 Å². The lowest BCUT2D eigenvalue weighted by atomic mass is 10.1. The summed E-state index contributed by atoms with van der Waals surface area (Å²) in [6.07, 6.45) is 0. The number of hydrogen-bond acceptors (Lipinski definition) is 2. The van der Waals surface area contributed by atoms with Crippen LogP contribution in [0.3, 0.4) is 0 Å². The Balaban J connectivity index is 2.32. The van der Waals surface area contributed by atoms with Crippen molar-refractivity contribution in [3.05, 3.63) is 36.4 Å². The van der Waals surface area contributed by atoms with Crippen LogP contribution in [0.2, 0.25) is 0 Å². The Morgan fingerprint density at radius 3 is 2.56 bits per heavy atom. The smallest absolute Gasteiger partial charge is 0.197 e. The summed E-state index contributed by atoms with van der Waals surface area (Å²) in [5.74, 6) is 2.03. The summed E-state index contributed by atoms with van der Waals surface area (Å²) in [7, 11) is 0. The number of benzene rings is 2. The summed E-state index contributed by atoms with van der Waals surface area (Å²) in [6.45, 7) is 4.18. The second kappa shape index (κ2) is 3.34. The summed E-state index contributed by atoms with van der Waals surface area (Å²) in [5, 5.41) is 2.30. The number of rotatable bonds is 1. The monoisotopic (exact) mass is 211 g/mol. The van der Waals surface area contributed by atoms with Crippen molar-refractivity contribution in [2.75, 3.05) is 0 Å². The predicted octanol–water partition coefficient (Wildman–Crippen LogP) is 3.92. The minimum absolute atomic E-state index is 0.309. The maximum atomic E-state index is 5.82. The zero-order valence-electron chi connectivity index (χ0n) is 9.40. The number of hydrogen-bond donors (Lipinski definition) is 0. The largest absolute Gasteiger partial charge is 0.442 e. The molecule has 0 bridgehead atoms. The molecule has 0 N–H and O–H groups in total. The van der Waals surface area contributed by atoms with Gasteiger partial charge in [-0.2, -0.15) is 0 Å². The van der Waals surface area contributed by atoms with Crippen LogP contribution >= 0.6 is 0 Å². The Hall–Kier alpha value is -1.83. The van der Waals surface area contributed by atoms with E-state index in [9.17, 15) is 0 Å². The zero-order chi connectivity index (χ0) is 11.1. The molecule has 1 aliphatic heterocycles. The molecule has 0 saturated carbocycles. The second-order valence-corrected chi connectivity index (χ2v) is 4.34. The quantitative estimate of drug-likeness (QED) is 0.700. The molecule has 0 saturated heterocycles. The molecule has 3 rings (SSSR count). The van der Waals surface area contributed by atoms with Crippen LogP contribution in [-0.4, -0.2) is 5.90 Å². The average molecular weight is 211 g/mol. The number of nitrogens with zero attached hydrogens (tertiary/aromatic N) is 1. The first-order valence-corrected chi connectivity index (χ1v) is 5.54. The lowest BCUT2D eigenvalue weighted by molar-refractivity contribution is 0.508. The molecule has 0 spiro atoms. The van der Waals surface area contributed by atoms with Crippen molar-refractivity contribution in [3.8, 4) is 5.75 Å². The Bertz CT molecular complexity index is 579. The van der Waals surface area contributed by atoms with E-state index < -0.39 is 0 Å². The van der Waals surface area contributed by atoms with E-state index in [-0.39, 0.29) is 0 Å². The van der Waals surface area contributed by atoms with E-state index in [1.54, 1.807) is 0 Å². The molecule has 0 radical (unpaired) electrons. The molecule has 1 aliphatic rings. The van der Waals surface area contributed by atoms with Crippen molar-refractivity contribution in [1.29, 1.82) is 0 Å². The maximum absolute atomic E-state index is 5.82. The van der Waals surface area contributed by atoms with Crippen molar-refractivity contribution in [2.45, 2.75) is 13.8 Å². The first kappa shape index (κ1) is 9.40. The third-order valence-corrected chi connectivity index (χ3v) is 2.78. The number of aliphatic imine (C=N–C) groups is 1. The second-order valence-electron chi connectivity index (χ2n) is 4.34. The van der Waals surface area contributed by atoms with Crippen LogP contribution in [0.1, 0.15) is 13.8 Å². The van der Waals surface area contributed by atoms with Gasteiger partial charge in [0.2, 0.25) is 0 Å². The Kier molecular flexibility index (Phi) is 1.96. The van der Waals surface area contributed by atoms with E-state index >= 15 is 0 Å². The van der Waals surface area contributed by atoms with E-state index in [0.29, 0.717) is 5.92 Å². The molecule has 0 aromatic heterocycles. The first-order valence-electron chi connectivity index (χ1n) is 5.54. The van der Waals surface area contributed by atoms with Crippen molar-refractivity contribution in [2.24, 2.45) is 10.9 Å². The topological polar surface area (TPSA) is 21.6 Å². The Morgan fingerprint density at radius 2 is 1.81 bits per heavy atom. The van der Waals surface area contributed by atoms with Crippen molar-refractivity contribution < 1.29 is 4.74 Å². The molecular formula is C14H13NO. The molecule has 16 heavy (non-hydrogen) atoms. The third kappa shape index (κ3) is 1.30. The molecule has 0 atom stereocenters. The third-order valence-electron chi connectivity index (χ3n) is 2.78. The minimum Gasteiger partial charge on any atom is -0.442 e. The van der Waals surface area contributed by atoms with Crippen molar-refractivity contribution in [3.63, 3.8) is 0 Å². The Labute approximate surface area is 94.6 Å². The highest BCUT2D eigenvalue weighted by Gasteiger charge is 2.17.